The Labute approximate surface area is 129 Å². The Morgan fingerprint density at radius 2 is 2.05 bits per heavy atom. The molecule has 1 N–H and O–H groups in total. The molecule has 1 unspecified atom stereocenters. The van der Waals surface area contributed by atoms with Crippen molar-refractivity contribution in [3.8, 4) is 0 Å². The van der Waals surface area contributed by atoms with Crippen molar-refractivity contribution in [1.82, 2.24) is 15.1 Å². The molecule has 2 rings (SSSR count). The van der Waals surface area contributed by atoms with Gasteiger partial charge in [-0.2, -0.15) is 5.10 Å². The molecular formula is C16H22BrN3. The van der Waals surface area contributed by atoms with Gasteiger partial charge in [-0.3, -0.25) is 4.68 Å². The second kappa shape index (κ2) is 7.04. The van der Waals surface area contributed by atoms with Gasteiger partial charge in [0.1, 0.15) is 0 Å². The molecule has 1 aromatic carbocycles. The highest BCUT2D eigenvalue weighted by atomic mass is 79.9. The third-order valence-corrected chi connectivity index (χ3v) is 3.92. The van der Waals surface area contributed by atoms with Crippen molar-refractivity contribution >= 4 is 15.9 Å². The van der Waals surface area contributed by atoms with E-state index < -0.39 is 0 Å². The van der Waals surface area contributed by atoms with Crippen LogP contribution in [0.5, 0.6) is 0 Å². The number of hydrogen-bond donors (Lipinski definition) is 1. The van der Waals surface area contributed by atoms with Crippen LogP contribution in [-0.4, -0.2) is 22.9 Å². The lowest BCUT2D eigenvalue weighted by Gasteiger charge is -2.15. The molecule has 0 amide bonds. The lowest BCUT2D eigenvalue weighted by Crippen LogP contribution is -2.30. The van der Waals surface area contributed by atoms with Crippen LogP contribution in [0.3, 0.4) is 0 Å². The molecule has 1 atom stereocenters. The van der Waals surface area contributed by atoms with Gasteiger partial charge in [0, 0.05) is 29.2 Å². The highest BCUT2D eigenvalue weighted by Crippen LogP contribution is 2.14. The molecule has 0 bridgehead atoms. The maximum absolute atomic E-state index is 4.62. The summed E-state index contributed by atoms with van der Waals surface area (Å²) in [5.74, 6) is 0. The van der Waals surface area contributed by atoms with Crippen molar-refractivity contribution in [3.05, 3.63) is 52.3 Å². The standard InChI is InChI=1S/C16H22BrN3/c1-12(2)20-8-7-15(19-20)11-16(18-3)10-13-5-4-6-14(17)9-13/h4-9,12,16,18H,10-11H2,1-3H3. The molecule has 0 fully saturated rings. The number of likely N-dealkylation sites (N-methyl/N-ethyl adjacent to an activating group) is 1. The third kappa shape index (κ3) is 4.18. The quantitative estimate of drug-likeness (QED) is 0.874. The summed E-state index contributed by atoms with van der Waals surface area (Å²) < 4.78 is 3.15. The van der Waals surface area contributed by atoms with E-state index in [1.165, 1.54) is 5.56 Å². The van der Waals surface area contributed by atoms with E-state index >= 15 is 0 Å². The van der Waals surface area contributed by atoms with Crippen LogP contribution in [0.2, 0.25) is 0 Å². The lowest BCUT2D eigenvalue weighted by molar-refractivity contribution is 0.508. The van der Waals surface area contributed by atoms with Crippen molar-refractivity contribution < 1.29 is 0 Å². The van der Waals surface area contributed by atoms with Gasteiger partial charge in [-0.15, -0.1) is 0 Å². The first-order valence-corrected chi connectivity index (χ1v) is 7.83. The van der Waals surface area contributed by atoms with Crippen LogP contribution in [0.4, 0.5) is 0 Å². The van der Waals surface area contributed by atoms with E-state index in [0.717, 1.165) is 23.0 Å². The molecule has 0 spiro atoms. The molecule has 4 heteroatoms. The molecular weight excluding hydrogens is 314 g/mol. The van der Waals surface area contributed by atoms with Crippen LogP contribution in [0.15, 0.2) is 41.0 Å². The SMILES string of the molecule is CNC(Cc1cccc(Br)c1)Cc1ccn(C(C)C)n1. The molecule has 108 valence electrons. The predicted molar refractivity (Wildman–Crippen MR) is 87.0 cm³/mol. The van der Waals surface area contributed by atoms with Gasteiger partial charge in [0.15, 0.2) is 0 Å². The molecule has 0 saturated heterocycles. The highest BCUT2D eigenvalue weighted by Gasteiger charge is 2.11. The van der Waals surface area contributed by atoms with Gasteiger partial charge in [0.2, 0.25) is 0 Å². The van der Waals surface area contributed by atoms with E-state index in [-0.39, 0.29) is 0 Å². The molecule has 0 saturated carbocycles. The normalized spacial score (nSPS) is 12.8. The molecule has 3 nitrogen and oxygen atoms in total. The Bertz CT molecular complexity index is 548. The van der Waals surface area contributed by atoms with Crippen LogP contribution in [0.25, 0.3) is 0 Å². The number of rotatable bonds is 6. The van der Waals surface area contributed by atoms with Crippen molar-refractivity contribution in [2.45, 2.75) is 38.8 Å². The fourth-order valence-electron chi connectivity index (χ4n) is 2.25. The maximum Gasteiger partial charge on any atom is 0.0640 e. The number of aromatic nitrogens is 2. The van der Waals surface area contributed by atoms with Gasteiger partial charge >= 0.3 is 0 Å². The van der Waals surface area contributed by atoms with Crippen molar-refractivity contribution in [2.24, 2.45) is 0 Å². The summed E-state index contributed by atoms with van der Waals surface area (Å²) in [5.41, 5.74) is 2.48. The van der Waals surface area contributed by atoms with E-state index in [1.54, 1.807) is 0 Å². The van der Waals surface area contributed by atoms with Crippen LogP contribution in [0, 0.1) is 0 Å². The molecule has 0 aliphatic carbocycles. The van der Waals surface area contributed by atoms with Crippen molar-refractivity contribution in [3.63, 3.8) is 0 Å². The number of nitrogens with one attached hydrogen (secondary N) is 1. The third-order valence-electron chi connectivity index (χ3n) is 3.43. The monoisotopic (exact) mass is 335 g/mol. The zero-order chi connectivity index (χ0) is 14.5. The minimum Gasteiger partial charge on any atom is -0.316 e. The van der Waals surface area contributed by atoms with Crippen LogP contribution in [0.1, 0.15) is 31.1 Å². The van der Waals surface area contributed by atoms with Crippen LogP contribution < -0.4 is 5.32 Å². The van der Waals surface area contributed by atoms with Gasteiger partial charge in [-0.25, -0.2) is 0 Å². The van der Waals surface area contributed by atoms with E-state index in [2.05, 4.69) is 76.7 Å². The smallest absolute Gasteiger partial charge is 0.0640 e. The summed E-state index contributed by atoms with van der Waals surface area (Å²) in [7, 11) is 2.02. The first-order chi connectivity index (χ1) is 9.58. The summed E-state index contributed by atoms with van der Waals surface area (Å²) in [5, 5.41) is 8.02. The molecule has 1 aromatic heterocycles. The molecule has 0 aliphatic rings. The van der Waals surface area contributed by atoms with Crippen LogP contribution in [-0.2, 0) is 12.8 Å². The molecule has 1 heterocycles. The fraction of sp³-hybridized carbons (Fsp3) is 0.438. The highest BCUT2D eigenvalue weighted by molar-refractivity contribution is 9.10. The predicted octanol–water partition coefficient (Wildman–Crippen LogP) is 3.60. The van der Waals surface area contributed by atoms with Gasteiger partial charge in [-0.05, 0) is 51.1 Å². The topological polar surface area (TPSA) is 29.9 Å². The molecule has 0 radical (unpaired) electrons. The lowest BCUT2D eigenvalue weighted by atomic mass is 10.0. The van der Waals surface area contributed by atoms with E-state index in [9.17, 15) is 0 Å². The van der Waals surface area contributed by atoms with E-state index in [1.807, 2.05) is 11.7 Å². The largest absolute Gasteiger partial charge is 0.316 e. The minimum atomic E-state index is 0.403. The molecule has 2 aromatic rings. The number of halogens is 1. The van der Waals surface area contributed by atoms with Gasteiger partial charge in [0.05, 0.1) is 5.69 Å². The summed E-state index contributed by atoms with van der Waals surface area (Å²) in [4.78, 5) is 0. The average Bonchev–Trinajstić information content (AvgIpc) is 2.87. The number of nitrogens with zero attached hydrogens (tertiary/aromatic N) is 2. The zero-order valence-electron chi connectivity index (χ0n) is 12.3. The first kappa shape index (κ1) is 15.3. The Kier molecular flexibility index (Phi) is 5.38. The van der Waals surface area contributed by atoms with Gasteiger partial charge in [0.25, 0.3) is 0 Å². The minimum absolute atomic E-state index is 0.403. The zero-order valence-corrected chi connectivity index (χ0v) is 13.9. The van der Waals surface area contributed by atoms with Gasteiger partial charge < -0.3 is 5.32 Å². The fourth-order valence-corrected chi connectivity index (χ4v) is 2.70. The number of benzene rings is 1. The molecule has 20 heavy (non-hydrogen) atoms. The average molecular weight is 336 g/mol. The Morgan fingerprint density at radius 1 is 1.25 bits per heavy atom. The Hall–Kier alpha value is -1.13. The second-order valence-corrected chi connectivity index (χ2v) is 6.32. The van der Waals surface area contributed by atoms with Gasteiger partial charge in [-0.1, -0.05) is 28.1 Å². The maximum atomic E-state index is 4.62. The molecule has 0 aliphatic heterocycles. The van der Waals surface area contributed by atoms with Crippen molar-refractivity contribution in [2.75, 3.05) is 7.05 Å². The summed E-state index contributed by atoms with van der Waals surface area (Å²) in [6.07, 6.45) is 4.01. The Morgan fingerprint density at radius 3 is 2.65 bits per heavy atom. The first-order valence-electron chi connectivity index (χ1n) is 7.04. The second-order valence-electron chi connectivity index (χ2n) is 5.40. The van der Waals surface area contributed by atoms with Crippen LogP contribution >= 0.6 is 15.9 Å². The Balaban J connectivity index is 2.01. The van der Waals surface area contributed by atoms with E-state index in [4.69, 9.17) is 0 Å². The summed E-state index contributed by atoms with van der Waals surface area (Å²) in [6.45, 7) is 4.29. The summed E-state index contributed by atoms with van der Waals surface area (Å²) in [6, 6.07) is 11.4. The van der Waals surface area contributed by atoms with Crippen molar-refractivity contribution in [1.29, 1.82) is 0 Å². The van der Waals surface area contributed by atoms with E-state index in [0.29, 0.717) is 12.1 Å². The summed E-state index contributed by atoms with van der Waals surface area (Å²) >= 11 is 3.52. The number of hydrogen-bond acceptors (Lipinski definition) is 2.